The molecule has 114 valence electrons. The quantitative estimate of drug-likeness (QED) is 0.774. The van der Waals surface area contributed by atoms with Crippen molar-refractivity contribution in [1.29, 1.82) is 0 Å². The van der Waals surface area contributed by atoms with E-state index in [9.17, 15) is 9.59 Å². The van der Waals surface area contributed by atoms with Crippen LogP contribution >= 0.6 is 0 Å². The number of hydrogen-bond acceptors (Lipinski definition) is 6. The minimum atomic E-state index is -0.394. The average Bonchev–Trinajstić information content (AvgIpc) is 2.87. The van der Waals surface area contributed by atoms with E-state index in [2.05, 4.69) is 21.5 Å². The third-order valence-electron chi connectivity index (χ3n) is 3.82. The topological polar surface area (TPSA) is 68.7 Å². The zero-order valence-corrected chi connectivity index (χ0v) is 12.5. The third-order valence-corrected chi connectivity index (χ3v) is 3.82. The summed E-state index contributed by atoms with van der Waals surface area (Å²) in [5, 5.41) is 0. The van der Waals surface area contributed by atoms with Gasteiger partial charge in [0.2, 0.25) is 0 Å². The Morgan fingerprint density at radius 2 is 2.05 bits per heavy atom. The van der Waals surface area contributed by atoms with Gasteiger partial charge >= 0.3 is 11.9 Å². The Kier molecular flexibility index (Phi) is 4.90. The number of carbonyl (C=O) groups is 2. The van der Waals surface area contributed by atoms with Gasteiger partial charge in [0.25, 0.3) is 0 Å². The first kappa shape index (κ1) is 15.4. The van der Waals surface area contributed by atoms with Crippen molar-refractivity contribution in [2.24, 2.45) is 11.8 Å². The summed E-state index contributed by atoms with van der Waals surface area (Å²) in [6.07, 6.45) is 1.51. The number of esters is 2. The highest BCUT2D eigenvalue weighted by Crippen LogP contribution is 2.25. The second-order valence-corrected chi connectivity index (χ2v) is 5.33. The maximum Gasteiger partial charge on any atom is 0.339 e. The number of carbonyl (C=O) groups excluding carboxylic acids is 2. The standard InChI is InChI=1S/C15H20N2O4/c1-10-7-17(9-13(10)15(19)21-3)8-12-5-4-11(6-16-12)14(18)20-2/h4-6,10,13H,7-9H2,1-3H3. The van der Waals surface area contributed by atoms with Gasteiger partial charge in [-0.05, 0) is 18.1 Å². The zero-order valence-electron chi connectivity index (χ0n) is 12.5. The molecule has 2 atom stereocenters. The van der Waals surface area contributed by atoms with Gasteiger partial charge in [-0.15, -0.1) is 0 Å². The summed E-state index contributed by atoms with van der Waals surface area (Å²) in [6, 6.07) is 3.51. The van der Waals surface area contributed by atoms with Gasteiger partial charge in [0, 0.05) is 25.8 Å². The number of ether oxygens (including phenoxy) is 2. The zero-order chi connectivity index (χ0) is 15.4. The van der Waals surface area contributed by atoms with E-state index < -0.39 is 5.97 Å². The fourth-order valence-electron chi connectivity index (χ4n) is 2.64. The molecule has 0 aromatic carbocycles. The summed E-state index contributed by atoms with van der Waals surface area (Å²) in [7, 11) is 2.76. The molecule has 0 aliphatic carbocycles. The highest BCUT2D eigenvalue weighted by atomic mass is 16.5. The highest BCUT2D eigenvalue weighted by molar-refractivity contribution is 5.88. The van der Waals surface area contributed by atoms with Crippen LogP contribution in [0.4, 0.5) is 0 Å². The smallest absolute Gasteiger partial charge is 0.339 e. The van der Waals surface area contributed by atoms with E-state index in [4.69, 9.17) is 4.74 Å². The molecule has 21 heavy (non-hydrogen) atoms. The van der Waals surface area contributed by atoms with E-state index in [0.717, 1.165) is 12.2 Å². The van der Waals surface area contributed by atoms with Gasteiger partial charge in [-0.1, -0.05) is 6.92 Å². The van der Waals surface area contributed by atoms with Gasteiger partial charge in [-0.3, -0.25) is 14.7 Å². The van der Waals surface area contributed by atoms with E-state index in [-0.39, 0.29) is 17.8 Å². The van der Waals surface area contributed by atoms with Crippen LogP contribution in [-0.2, 0) is 20.8 Å². The lowest BCUT2D eigenvalue weighted by atomic mass is 9.99. The monoisotopic (exact) mass is 292 g/mol. The minimum Gasteiger partial charge on any atom is -0.469 e. The molecule has 1 aliphatic heterocycles. The predicted molar refractivity (Wildman–Crippen MR) is 75.5 cm³/mol. The molecule has 2 heterocycles. The average molecular weight is 292 g/mol. The van der Waals surface area contributed by atoms with Gasteiger partial charge in [-0.25, -0.2) is 4.79 Å². The van der Waals surface area contributed by atoms with E-state index in [1.165, 1.54) is 20.4 Å². The van der Waals surface area contributed by atoms with Crippen molar-refractivity contribution in [1.82, 2.24) is 9.88 Å². The predicted octanol–water partition coefficient (Wildman–Crippen LogP) is 1.11. The molecule has 2 rings (SSSR count). The summed E-state index contributed by atoms with van der Waals surface area (Å²) in [5.74, 6) is -0.357. The Bertz CT molecular complexity index is 515. The SMILES string of the molecule is COC(=O)c1ccc(CN2CC(C)C(C(=O)OC)C2)nc1. The molecule has 6 heteroatoms. The molecule has 2 unspecified atom stereocenters. The van der Waals surface area contributed by atoms with Crippen molar-refractivity contribution in [3.63, 3.8) is 0 Å². The largest absolute Gasteiger partial charge is 0.469 e. The van der Waals surface area contributed by atoms with Crippen LogP contribution in [0.3, 0.4) is 0 Å². The summed E-state index contributed by atoms with van der Waals surface area (Å²) < 4.78 is 9.46. The Balaban J connectivity index is 1.97. The molecular formula is C15H20N2O4. The Hall–Kier alpha value is -1.95. The van der Waals surface area contributed by atoms with Gasteiger partial charge in [0.15, 0.2) is 0 Å². The maximum atomic E-state index is 11.7. The van der Waals surface area contributed by atoms with Gasteiger partial charge in [0.05, 0.1) is 31.4 Å². The van der Waals surface area contributed by atoms with Gasteiger partial charge in [-0.2, -0.15) is 0 Å². The third kappa shape index (κ3) is 3.58. The normalized spacial score (nSPS) is 22.0. The number of hydrogen-bond donors (Lipinski definition) is 0. The Morgan fingerprint density at radius 3 is 2.62 bits per heavy atom. The van der Waals surface area contributed by atoms with E-state index in [1.807, 2.05) is 6.07 Å². The van der Waals surface area contributed by atoms with Crippen LogP contribution in [0.5, 0.6) is 0 Å². The van der Waals surface area contributed by atoms with Crippen LogP contribution in [0.25, 0.3) is 0 Å². The molecule has 1 fully saturated rings. The van der Waals surface area contributed by atoms with E-state index >= 15 is 0 Å². The summed E-state index contributed by atoms with van der Waals surface area (Å²) in [4.78, 5) is 29.4. The van der Waals surface area contributed by atoms with E-state index in [1.54, 1.807) is 6.07 Å². The lowest BCUT2D eigenvalue weighted by Gasteiger charge is -2.14. The summed E-state index contributed by atoms with van der Waals surface area (Å²) >= 11 is 0. The molecule has 1 saturated heterocycles. The number of likely N-dealkylation sites (tertiary alicyclic amines) is 1. The molecule has 1 aliphatic rings. The van der Waals surface area contributed by atoms with Crippen LogP contribution in [0, 0.1) is 11.8 Å². The van der Waals surface area contributed by atoms with Gasteiger partial charge < -0.3 is 9.47 Å². The molecule has 6 nitrogen and oxygen atoms in total. The molecule has 1 aromatic heterocycles. The Morgan fingerprint density at radius 1 is 1.29 bits per heavy atom. The van der Waals surface area contributed by atoms with Crippen molar-refractivity contribution in [2.45, 2.75) is 13.5 Å². The number of nitrogens with zero attached hydrogens (tertiary/aromatic N) is 2. The highest BCUT2D eigenvalue weighted by Gasteiger charge is 2.35. The van der Waals surface area contributed by atoms with Crippen LogP contribution in [-0.4, -0.2) is 49.1 Å². The van der Waals surface area contributed by atoms with Crippen molar-refractivity contribution < 1.29 is 19.1 Å². The van der Waals surface area contributed by atoms with Crippen LogP contribution in [0.1, 0.15) is 23.0 Å². The minimum absolute atomic E-state index is 0.0793. The van der Waals surface area contributed by atoms with Crippen LogP contribution < -0.4 is 0 Å². The second-order valence-electron chi connectivity index (χ2n) is 5.33. The number of pyridine rings is 1. The number of rotatable bonds is 4. The molecular weight excluding hydrogens is 272 g/mol. The molecule has 0 saturated carbocycles. The van der Waals surface area contributed by atoms with Gasteiger partial charge in [0.1, 0.15) is 0 Å². The first-order valence-corrected chi connectivity index (χ1v) is 6.88. The van der Waals surface area contributed by atoms with Crippen LogP contribution in [0.15, 0.2) is 18.3 Å². The van der Waals surface area contributed by atoms with Crippen molar-refractivity contribution in [2.75, 3.05) is 27.3 Å². The lowest BCUT2D eigenvalue weighted by molar-refractivity contribution is -0.146. The van der Waals surface area contributed by atoms with E-state index in [0.29, 0.717) is 18.7 Å². The molecule has 0 N–H and O–H groups in total. The molecule has 0 amide bonds. The first-order valence-electron chi connectivity index (χ1n) is 6.88. The summed E-state index contributed by atoms with van der Waals surface area (Å²) in [5.41, 5.74) is 1.30. The maximum absolute atomic E-state index is 11.7. The number of aromatic nitrogens is 1. The molecule has 0 radical (unpaired) electrons. The van der Waals surface area contributed by atoms with Crippen molar-refractivity contribution >= 4 is 11.9 Å². The fourth-order valence-corrected chi connectivity index (χ4v) is 2.64. The molecule has 0 spiro atoms. The van der Waals surface area contributed by atoms with Crippen molar-refractivity contribution in [3.05, 3.63) is 29.6 Å². The Labute approximate surface area is 124 Å². The lowest BCUT2D eigenvalue weighted by Crippen LogP contribution is -2.24. The fraction of sp³-hybridized carbons (Fsp3) is 0.533. The second kappa shape index (κ2) is 6.67. The molecule has 1 aromatic rings. The first-order chi connectivity index (χ1) is 10.0. The molecule has 0 bridgehead atoms. The van der Waals surface area contributed by atoms with Crippen molar-refractivity contribution in [3.8, 4) is 0 Å². The van der Waals surface area contributed by atoms with Crippen LogP contribution in [0.2, 0.25) is 0 Å². The number of methoxy groups -OCH3 is 2. The summed E-state index contributed by atoms with van der Waals surface area (Å²) in [6.45, 7) is 4.21.